The van der Waals surface area contributed by atoms with Crippen LogP contribution >= 0.6 is 0 Å². The van der Waals surface area contributed by atoms with E-state index >= 15 is 0 Å². The molecule has 2 rings (SSSR count). The summed E-state index contributed by atoms with van der Waals surface area (Å²) < 4.78 is 12.3. The van der Waals surface area contributed by atoms with Gasteiger partial charge in [-0.3, -0.25) is 0 Å². The third-order valence-electron chi connectivity index (χ3n) is 6.45. The Labute approximate surface area is 209 Å². The number of aryl methyl sites for hydroxylation is 1. The molecule has 0 heterocycles. The van der Waals surface area contributed by atoms with Gasteiger partial charge in [-0.1, -0.05) is 108 Å². The average Bonchev–Trinajstić information content (AvgIpc) is 2.85. The van der Waals surface area contributed by atoms with Gasteiger partial charge in [0.25, 0.3) is 0 Å². The van der Waals surface area contributed by atoms with Crippen molar-refractivity contribution < 1.29 is 9.47 Å². The number of nitrogens with one attached hydrogen (secondary N) is 1. The van der Waals surface area contributed by atoms with Gasteiger partial charge in [0.05, 0.1) is 13.2 Å². The normalized spacial score (nSPS) is 11.0. The van der Waals surface area contributed by atoms with Crippen molar-refractivity contribution in [3.63, 3.8) is 0 Å². The Kier molecular flexibility index (Phi) is 15.2. The Morgan fingerprint density at radius 1 is 0.618 bits per heavy atom. The number of hydrogen-bond donors (Lipinski definition) is 1. The SMILES string of the molecule is CCCCCCCCOc1ccc(CNCc2ccccc2C)c(OCCCCCCCC)c1. The molecule has 34 heavy (non-hydrogen) atoms. The standard InChI is InChI=1S/C31H49NO2/c1-4-6-8-10-12-16-22-33-30-21-20-29(26-32-25-28-19-15-14-18-27(28)3)31(24-30)34-23-17-13-11-9-7-5-2/h14-15,18-21,24,32H,4-13,16-17,22-23,25-26H2,1-3H3. The van der Waals surface area contributed by atoms with Crippen LogP contribution in [0.15, 0.2) is 42.5 Å². The van der Waals surface area contributed by atoms with Gasteiger partial charge in [-0.2, -0.15) is 0 Å². The fourth-order valence-electron chi connectivity index (χ4n) is 4.18. The second-order valence-corrected chi connectivity index (χ2v) is 9.53. The second kappa shape index (κ2) is 18.3. The molecule has 3 heteroatoms. The van der Waals surface area contributed by atoms with E-state index in [1.54, 1.807) is 0 Å². The van der Waals surface area contributed by atoms with Crippen molar-refractivity contribution in [2.45, 2.75) is 111 Å². The predicted molar refractivity (Wildman–Crippen MR) is 146 cm³/mol. The van der Waals surface area contributed by atoms with Crippen LogP contribution < -0.4 is 14.8 Å². The van der Waals surface area contributed by atoms with Crippen LogP contribution in [-0.2, 0) is 13.1 Å². The zero-order valence-corrected chi connectivity index (χ0v) is 22.2. The number of ether oxygens (including phenoxy) is 2. The van der Waals surface area contributed by atoms with Gasteiger partial charge in [0, 0.05) is 24.7 Å². The molecule has 0 radical (unpaired) electrons. The Morgan fingerprint density at radius 2 is 1.21 bits per heavy atom. The van der Waals surface area contributed by atoms with Crippen LogP contribution in [0.5, 0.6) is 11.5 Å². The van der Waals surface area contributed by atoms with E-state index in [1.165, 1.54) is 80.9 Å². The summed E-state index contributed by atoms with van der Waals surface area (Å²) >= 11 is 0. The zero-order valence-electron chi connectivity index (χ0n) is 22.2. The lowest BCUT2D eigenvalue weighted by molar-refractivity contribution is 0.287. The molecular weight excluding hydrogens is 418 g/mol. The molecule has 0 aliphatic carbocycles. The monoisotopic (exact) mass is 467 g/mol. The first-order valence-electron chi connectivity index (χ1n) is 13.9. The number of hydrogen-bond acceptors (Lipinski definition) is 3. The maximum atomic E-state index is 6.26. The van der Waals surface area contributed by atoms with Crippen LogP contribution in [0.1, 0.15) is 108 Å². The summed E-state index contributed by atoms with van der Waals surface area (Å²) in [6.07, 6.45) is 15.3. The molecule has 0 fully saturated rings. The van der Waals surface area contributed by atoms with Crippen LogP contribution in [0.3, 0.4) is 0 Å². The van der Waals surface area contributed by atoms with Crippen LogP contribution in [0.25, 0.3) is 0 Å². The zero-order chi connectivity index (χ0) is 24.3. The maximum absolute atomic E-state index is 6.26. The summed E-state index contributed by atoms with van der Waals surface area (Å²) in [7, 11) is 0. The van der Waals surface area contributed by atoms with E-state index in [0.717, 1.165) is 50.6 Å². The summed E-state index contributed by atoms with van der Waals surface area (Å²) in [6.45, 7) is 9.90. The first-order chi connectivity index (χ1) is 16.7. The summed E-state index contributed by atoms with van der Waals surface area (Å²) in [5.74, 6) is 1.89. The van der Waals surface area contributed by atoms with Crippen LogP contribution in [0.4, 0.5) is 0 Å². The largest absolute Gasteiger partial charge is 0.493 e. The minimum absolute atomic E-state index is 0.776. The fraction of sp³-hybridized carbons (Fsp3) is 0.613. The summed E-state index contributed by atoms with van der Waals surface area (Å²) in [6, 6.07) is 14.9. The van der Waals surface area contributed by atoms with Gasteiger partial charge in [-0.25, -0.2) is 0 Å². The van der Waals surface area contributed by atoms with Crippen molar-refractivity contribution in [2.75, 3.05) is 13.2 Å². The molecule has 0 bridgehead atoms. The molecule has 0 unspecified atom stereocenters. The Bertz CT molecular complexity index is 774. The molecule has 1 N–H and O–H groups in total. The Hall–Kier alpha value is -2.00. The minimum atomic E-state index is 0.776. The van der Waals surface area contributed by atoms with E-state index in [0.29, 0.717) is 0 Å². The molecule has 190 valence electrons. The lowest BCUT2D eigenvalue weighted by Crippen LogP contribution is -2.14. The summed E-state index contributed by atoms with van der Waals surface area (Å²) in [5, 5.41) is 3.60. The van der Waals surface area contributed by atoms with Crippen molar-refractivity contribution in [1.82, 2.24) is 5.32 Å². The molecular formula is C31H49NO2. The lowest BCUT2D eigenvalue weighted by Gasteiger charge is -2.15. The highest BCUT2D eigenvalue weighted by atomic mass is 16.5. The molecule has 0 saturated carbocycles. The van der Waals surface area contributed by atoms with E-state index in [1.807, 2.05) is 0 Å². The molecule has 3 nitrogen and oxygen atoms in total. The van der Waals surface area contributed by atoms with Crippen LogP contribution in [0, 0.1) is 6.92 Å². The third-order valence-corrected chi connectivity index (χ3v) is 6.45. The smallest absolute Gasteiger partial charge is 0.127 e. The molecule has 0 atom stereocenters. The van der Waals surface area contributed by atoms with E-state index in [9.17, 15) is 0 Å². The Balaban J connectivity index is 1.85. The van der Waals surface area contributed by atoms with E-state index in [2.05, 4.69) is 68.6 Å². The average molecular weight is 468 g/mol. The molecule has 0 amide bonds. The number of rotatable bonds is 20. The van der Waals surface area contributed by atoms with Gasteiger partial charge in [-0.05, 0) is 37.0 Å². The van der Waals surface area contributed by atoms with Crippen molar-refractivity contribution in [1.29, 1.82) is 0 Å². The van der Waals surface area contributed by atoms with E-state index in [-0.39, 0.29) is 0 Å². The predicted octanol–water partition coefficient (Wildman–Crippen LogP) is 8.76. The van der Waals surface area contributed by atoms with E-state index in [4.69, 9.17) is 9.47 Å². The number of benzene rings is 2. The summed E-state index contributed by atoms with van der Waals surface area (Å²) in [4.78, 5) is 0. The van der Waals surface area contributed by atoms with Gasteiger partial charge < -0.3 is 14.8 Å². The maximum Gasteiger partial charge on any atom is 0.127 e. The van der Waals surface area contributed by atoms with Crippen molar-refractivity contribution in [3.05, 3.63) is 59.2 Å². The molecule has 0 spiro atoms. The molecule has 0 aliphatic heterocycles. The third kappa shape index (κ3) is 11.9. The van der Waals surface area contributed by atoms with Gasteiger partial charge in [0.15, 0.2) is 0 Å². The molecule has 0 aromatic heterocycles. The quantitative estimate of drug-likeness (QED) is 0.197. The van der Waals surface area contributed by atoms with Crippen LogP contribution in [-0.4, -0.2) is 13.2 Å². The van der Waals surface area contributed by atoms with Gasteiger partial charge >= 0.3 is 0 Å². The van der Waals surface area contributed by atoms with Gasteiger partial charge in [0.1, 0.15) is 11.5 Å². The summed E-state index contributed by atoms with van der Waals surface area (Å²) in [5.41, 5.74) is 3.87. The van der Waals surface area contributed by atoms with Crippen molar-refractivity contribution in [3.8, 4) is 11.5 Å². The van der Waals surface area contributed by atoms with Gasteiger partial charge in [0.2, 0.25) is 0 Å². The van der Waals surface area contributed by atoms with E-state index < -0.39 is 0 Å². The minimum Gasteiger partial charge on any atom is -0.493 e. The number of unbranched alkanes of at least 4 members (excludes halogenated alkanes) is 10. The topological polar surface area (TPSA) is 30.5 Å². The highest BCUT2D eigenvalue weighted by molar-refractivity contribution is 5.41. The first kappa shape index (κ1) is 28.2. The van der Waals surface area contributed by atoms with Gasteiger partial charge in [-0.15, -0.1) is 0 Å². The highest BCUT2D eigenvalue weighted by Crippen LogP contribution is 2.26. The molecule has 0 saturated heterocycles. The molecule has 2 aromatic rings. The fourth-order valence-corrected chi connectivity index (χ4v) is 4.18. The molecule has 0 aliphatic rings. The lowest BCUT2D eigenvalue weighted by atomic mass is 10.1. The Morgan fingerprint density at radius 3 is 1.88 bits per heavy atom. The first-order valence-corrected chi connectivity index (χ1v) is 13.9. The van der Waals surface area contributed by atoms with Crippen molar-refractivity contribution >= 4 is 0 Å². The molecule has 2 aromatic carbocycles. The van der Waals surface area contributed by atoms with Crippen LogP contribution in [0.2, 0.25) is 0 Å². The highest BCUT2D eigenvalue weighted by Gasteiger charge is 2.08. The van der Waals surface area contributed by atoms with Crippen molar-refractivity contribution in [2.24, 2.45) is 0 Å². The second-order valence-electron chi connectivity index (χ2n) is 9.53.